The van der Waals surface area contributed by atoms with Gasteiger partial charge >= 0.3 is 6.36 Å². The molecule has 0 aliphatic rings. The van der Waals surface area contributed by atoms with Gasteiger partial charge in [-0.15, -0.1) is 13.2 Å². The molecule has 0 amide bonds. The number of alkyl halides is 3. The number of rotatable bonds is 5. The molecule has 0 bridgehead atoms. The van der Waals surface area contributed by atoms with Crippen LogP contribution in [0, 0.1) is 0 Å². The molecule has 2 N–H and O–H groups in total. The summed E-state index contributed by atoms with van der Waals surface area (Å²) in [6.07, 6.45) is -4.68. The first-order valence-electron chi connectivity index (χ1n) is 4.72. The minimum absolute atomic E-state index is 0.0680. The smallest absolute Gasteiger partial charge is 0.490 e. The summed E-state index contributed by atoms with van der Waals surface area (Å²) in [4.78, 5) is 0.0680. The van der Waals surface area contributed by atoms with Crippen LogP contribution in [-0.4, -0.2) is 24.6 Å². The molecule has 0 saturated heterocycles. The second kappa shape index (κ2) is 6.21. The molecule has 0 fully saturated rings. The molecule has 1 aromatic carbocycles. The van der Waals surface area contributed by atoms with Crippen LogP contribution in [0.3, 0.4) is 0 Å². The third kappa shape index (κ3) is 5.07. The molecule has 0 aliphatic carbocycles. The zero-order valence-electron chi connectivity index (χ0n) is 8.96. The number of benzene rings is 1. The standard InChI is InChI=1S/C10H9ClF3NO2S/c11-6-1-2-7(9(15)18)8(5-6)16-3-4-17-10(12,13)14/h1-2,5H,3-4H2,(H2,15,18). The molecule has 0 saturated carbocycles. The van der Waals surface area contributed by atoms with Crippen molar-refractivity contribution in [2.45, 2.75) is 6.36 Å². The van der Waals surface area contributed by atoms with E-state index in [1.165, 1.54) is 12.1 Å². The quantitative estimate of drug-likeness (QED) is 0.671. The van der Waals surface area contributed by atoms with E-state index in [0.29, 0.717) is 10.6 Å². The third-order valence-electron chi connectivity index (χ3n) is 1.82. The first-order valence-corrected chi connectivity index (χ1v) is 5.51. The lowest BCUT2D eigenvalue weighted by Crippen LogP contribution is -2.19. The number of ether oxygens (including phenoxy) is 2. The summed E-state index contributed by atoms with van der Waals surface area (Å²) in [6.45, 7) is -0.928. The summed E-state index contributed by atoms with van der Waals surface area (Å²) in [6, 6.07) is 4.50. The predicted octanol–water partition coefficient (Wildman–Crippen LogP) is 2.89. The first-order chi connectivity index (χ1) is 8.29. The summed E-state index contributed by atoms with van der Waals surface area (Å²) in [7, 11) is 0. The Morgan fingerprint density at radius 1 is 1.33 bits per heavy atom. The number of thiocarbonyl (C=S) groups is 1. The molecule has 0 radical (unpaired) electrons. The van der Waals surface area contributed by atoms with Crippen LogP contribution in [0.5, 0.6) is 5.75 Å². The van der Waals surface area contributed by atoms with Crippen molar-refractivity contribution in [1.29, 1.82) is 0 Å². The van der Waals surface area contributed by atoms with Gasteiger partial charge in [0.25, 0.3) is 0 Å². The zero-order chi connectivity index (χ0) is 13.8. The van der Waals surface area contributed by atoms with Crippen molar-refractivity contribution in [3.63, 3.8) is 0 Å². The molecule has 0 aliphatic heterocycles. The SMILES string of the molecule is NC(=S)c1ccc(Cl)cc1OCCOC(F)(F)F. The van der Waals surface area contributed by atoms with E-state index >= 15 is 0 Å². The van der Waals surface area contributed by atoms with Crippen LogP contribution in [-0.2, 0) is 4.74 Å². The van der Waals surface area contributed by atoms with Gasteiger partial charge in [-0.1, -0.05) is 23.8 Å². The van der Waals surface area contributed by atoms with E-state index in [4.69, 9.17) is 34.3 Å². The molecule has 18 heavy (non-hydrogen) atoms. The van der Waals surface area contributed by atoms with Crippen molar-refractivity contribution in [2.75, 3.05) is 13.2 Å². The van der Waals surface area contributed by atoms with Crippen LogP contribution in [0.25, 0.3) is 0 Å². The van der Waals surface area contributed by atoms with Crippen LogP contribution in [0.15, 0.2) is 18.2 Å². The highest BCUT2D eigenvalue weighted by atomic mass is 35.5. The fraction of sp³-hybridized carbons (Fsp3) is 0.300. The number of hydrogen-bond acceptors (Lipinski definition) is 3. The Morgan fingerprint density at radius 3 is 2.56 bits per heavy atom. The Labute approximate surface area is 112 Å². The minimum atomic E-state index is -4.68. The topological polar surface area (TPSA) is 44.5 Å². The van der Waals surface area contributed by atoms with Crippen molar-refractivity contribution in [2.24, 2.45) is 5.73 Å². The largest absolute Gasteiger partial charge is 0.522 e. The highest BCUT2D eigenvalue weighted by Gasteiger charge is 2.28. The zero-order valence-corrected chi connectivity index (χ0v) is 10.5. The van der Waals surface area contributed by atoms with Gasteiger partial charge in [0.1, 0.15) is 17.3 Å². The Morgan fingerprint density at radius 2 is 2.00 bits per heavy atom. The van der Waals surface area contributed by atoms with Gasteiger partial charge in [-0.25, -0.2) is 0 Å². The van der Waals surface area contributed by atoms with Crippen molar-refractivity contribution in [1.82, 2.24) is 0 Å². The van der Waals surface area contributed by atoms with E-state index in [-0.39, 0.29) is 17.3 Å². The minimum Gasteiger partial charge on any atom is -0.490 e. The van der Waals surface area contributed by atoms with Gasteiger partial charge < -0.3 is 10.5 Å². The average Bonchev–Trinajstić information content (AvgIpc) is 2.22. The Balaban J connectivity index is 2.61. The predicted molar refractivity (Wildman–Crippen MR) is 64.8 cm³/mol. The highest BCUT2D eigenvalue weighted by molar-refractivity contribution is 7.80. The Kier molecular flexibility index (Phi) is 5.18. The second-order valence-electron chi connectivity index (χ2n) is 3.15. The van der Waals surface area contributed by atoms with Crippen LogP contribution >= 0.6 is 23.8 Å². The van der Waals surface area contributed by atoms with Crippen LogP contribution in [0.4, 0.5) is 13.2 Å². The van der Waals surface area contributed by atoms with Gasteiger partial charge in [-0.2, -0.15) is 0 Å². The van der Waals surface area contributed by atoms with E-state index in [2.05, 4.69) is 4.74 Å². The fourth-order valence-electron chi connectivity index (χ4n) is 1.13. The van der Waals surface area contributed by atoms with Crippen LogP contribution in [0.2, 0.25) is 5.02 Å². The second-order valence-corrected chi connectivity index (χ2v) is 4.02. The van der Waals surface area contributed by atoms with E-state index in [0.717, 1.165) is 0 Å². The lowest BCUT2D eigenvalue weighted by atomic mass is 10.2. The molecule has 0 unspecified atom stereocenters. The van der Waals surface area contributed by atoms with Crippen molar-refractivity contribution >= 4 is 28.8 Å². The summed E-state index contributed by atoms with van der Waals surface area (Å²) >= 11 is 10.5. The molecule has 8 heteroatoms. The summed E-state index contributed by atoms with van der Waals surface area (Å²) < 4.78 is 43.8. The molecule has 0 atom stereocenters. The van der Waals surface area contributed by atoms with Crippen LogP contribution in [0.1, 0.15) is 5.56 Å². The molecule has 0 heterocycles. The average molecular weight is 300 g/mol. The maximum absolute atomic E-state index is 11.7. The summed E-state index contributed by atoms with van der Waals surface area (Å²) in [5.41, 5.74) is 5.84. The van der Waals surface area contributed by atoms with Gasteiger partial charge in [0.2, 0.25) is 0 Å². The number of halogens is 4. The van der Waals surface area contributed by atoms with E-state index in [9.17, 15) is 13.2 Å². The molecule has 100 valence electrons. The van der Waals surface area contributed by atoms with Gasteiger partial charge in [0.15, 0.2) is 0 Å². The monoisotopic (exact) mass is 299 g/mol. The van der Waals surface area contributed by atoms with E-state index in [1.807, 2.05) is 0 Å². The summed E-state index contributed by atoms with van der Waals surface area (Å²) in [5.74, 6) is 0.223. The van der Waals surface area contributed by atoms with Crippen molar-refractivity contribution in [3.05, 3.63) is 28.8 Å². The number of nitrogens with two attached hydrogens (primary N) is 1. The molecular formula is C10H9ClF3NO2S. The van der Waals surface area contributed by atoms with E-state index < -0.39 is 13.0 Å². The first kappa shape index (κ1) is 15.0. The van der Waals surface area contributed by atoms with Gasteiger partial charge in [-0.05, 0) is 18.2 Å². The molecule has 1 rings (SSSR count). The lowest BCUT2D eigenvalue weighted by Gasteiger charge is -2.12. The Hall–Kier alpha value is -1.05. The van der Waals surface area contributed by atoms with Crippen LogP contribution < -0.4 is 10.5 Å². The van der Waals surface area contributed by atoms with Gasteiger partial charge in [-0.3, -0.25) is 4.74 Å². The normalized spacial score (nSPS) is 11.3. The van der Waals surface area contributed by atoms with E-state index in [1.54, 1.807) is 6.07 Å². The van der Waals surface area contributed by atoms with Crippen molar-refractivity contribution < 1.29 is 22.6 Å². The summed E-state index contributed by atoms with van der Waals surface area (Å²) in [5, 5.41) is 0.363. The highest BCUT2D eigenvalue weighted by Crippen LogP contribution is 2.23. The third-order valence-corrected chi connectivity index (χ3v) is 2.27. The molecule has 1 aromatic rings. The molecule has 0 aromatic heterocycles. The Bertz CT molecular complexity index is 440. The fourth-order valence-corrected chi connectivity index (χ4v) is 1.46. The molecule has 3 nitrogen and oxygen atoms in total. The molecular weight excluding hydrogens is 291 g/mol. The maximum atomic E-state index is 11.7. The number of hydrogen-bond donors (Lipinski definition) is 1. The van der Waals surface area contributed by atoms with Gasteiger partial charge in [0.05, 0.1) is 12.2 Å². The van der Waals surface area contributed by atoms with Crippen molar-refractivity contribution in [3.8, 4) is 5.75 Å². The molecule has 0 spiro atoms. The van der Waals surface area contributed by atoms with Gasteiger partial charge in [0, 0.05) is 5.02 Å². The lowest BCUT2D eigenvalue weighted by molar-refractivity contribution is -0.325. The maximum Gasteiger partial charge on any atom is 0.522 e.